The summed E-state index contributed by atoms with van der Waals surface area (Å²) in [5.41, 5.74) is 1.74. The fourth-order valence-corrected chi connectivity index (χ4v) is 2.65. The molecule has 0 fully saturated rings. The van der Waals surface area contributed by atoms with E-state index < -0.39 is 5.89 Å². The van der Waals surface area contributed by atoms with E-state index in [0.717, 1.165) is 5.56 Å². The molecule has 1 aromatic carbocycles. The third-order valence-corrected chi connectivity index (χ3v) is 4.03. The summed E-state index contributed by atoms with van der Waals surface area (Å²) in [5.74, 6) is -0.584. The highest BCUT2D eigenvalue weighted by Gasteiger charge is 2.47. The number of benzene rings is 1. The number of rotatable bonds is 0. The van der Waals surface area contributed by atoms with Crippen molar-refractivity contribution in [3.8, 4) is 0 Å². The Bertz CT molecular complexity index is 442. The van der Waals surface area contributed by atoms with Crippen LogP contribution < -0.4 is 0 Å². The van der Waals surface area contributed by atoms with Crippen molar-refractivity contribution in [3.05, 3.63) is 35.4 Å². The Morgan fingerprint density at radius 1 is 1.14 bits per heavy atom. The summed E-state index contributed by atoms with van der Waals surface area (Å²) in [7, 11) is 0. The molecule has 0 heterocycles. The van der Waals surface area contributed by atoms with Crippen LogP contribution in [0.5, 0.6) is 0 Å². The van der Waals surface area contributed by atoms with E-state index in [4.69, 9.17) is 2.74 Å². The summed E-state index contributed by atoms with van der Waals surface area (Å²) in [6.45, 7) is 10.4. The highest BCUT2D eigenvalue weighted by atomic mass is 14.5. The average molecular weight is 190 g/mol. The van der Waals surface area contributed by atoms with E-state index in [2.05, 4.69) is 33.8 Å². The third-order valence-electron chi connectivity index (χ3n) is 4.03. The molecule has 0 saturated carbocycles. The van der Waals surface area contributed by atoms with Gasteiger partial charge in [-0.25, -0.2) is 0 Å². The van der Waals surface area contributed by atoms with Crippen molar-refractivity contribution >= 4 is 0 Å². The van der Waals surface area contributed by atoms with E-state index in [-0.39, 0.29) is 10.8 Å². The second-order valence-corrected chi connectivity index (χ2v) is 5.33. The minimum Gasteiger partial charge on any atom is -0.0620 e. The van der Waals surface area contributed by atoms with Gasteiger partial charge >= 0.3 is 0 Å². The monoisotopic (exact) mass is 190 g/mol. The van der Waals surface area contributed by atoms with Gasteiger partial charge in [0, 0.05) is 1.37 Å². The van der Waals surface area contributed by atoms with Crippen molar-refractivity contribution in [1.82, 2.24) is 0 Å². The van der Waals surface area contributed by atoms with Gasteiger partial charge < -0.3 is 0 Å². The fourth-order valence-electron chi connectivity index (χ4n) is 2.65. The average Bonchev–Trinajstić information content (AvgIpc) is 2.25. The van der Waals surface area contributed by atoms with Crippen LogP contribution in [0.15, 0.2) is 24.2 Å². The van der Waals surface area contributed by atoms with Crippen LogP contribution >= 0.6 is 0 Å². The van der Waals surface area contributed by atoms with E-state index in [0.29, 0.717) is 6.04 Å². The Kier molecular flexibility index (Phi) is 1.41. The molecule has 0 N–H and O–H groups in total. The Morgan fingerprint density at radius 2 is 1.71 bits per heavy atom. The summed E-state index contributed by atoms with van der Waals surface area (Å²) in [4.78, 5) is 0. The molecule has 0 spiro atoms. The second kappa shape index (κ2) is 2.62. The van der Waals surface area contributed by atoms with Gasteiger partial charge in [0.15, 0.2) is 0 Å². The fraction of sp³-hybridized carbons (Fsp3) is 0.571. The molecule has 76 valence electrons. The molecule has 0 amide bonds. The van der Waals surface area contributed by atoms with Gasteiger partial charge in [0.2, 0.25) is 0 Å². The maximum Gasteiger partial charge on any atom is 0.0626 e. The molecule has 14 heavy (non-hydrogen) atoms. The Hall–Kier alpha value is -0.780. The van der Waals surface area contributed by atoms with Crippen LogP contribution in [0, 0.1) is 5.89 Å². The van der Waals surface area contributed by atoms with Crippen LogP contribution in [0.4, 0.5) is 0 Å². The molecule has 1 unspecified atom stereocenters. The highest BCUT2D eigenvalue weighted by Crippen LogP contribution is 2.53. The molecule has 1 atom stereocenters. The molecule has 0 saturated heterocycles. The van der Waals surface area contributed by atoms with Crippen molar-refractivity contribution in [2.75, 3.05) is 0 Å². The zero-order chi connectivity index (χ0) is 12.4. The summed E-state index contributed by atoms with van der Waals surface area (Å²) in [6, 6.07) is 6.42. The van der Waals surface area contributed by atoms with Crippen LogP contribution in [-0.2, 0) is 10.8 Å². The third kappa shape index (κ3) is 1.00. The first kappa shape index (κ1) is 7.50. The molecule has 1 aromatic rings. The molecule has 1 aliphatic rings. The zero-order valence-corrected chi connectivity index (χ0v) is 9.73. The van der Waals surface area contributed by atoms with Crippen molar-refractivity contribution in [2.45, 2.75) is 45.4 Å². The van der Waals surface area contributed by atoms with Gasteiger partial charge in [-0.1, -0.05) is 58.9 Å². The van der Waals surface area contributed by atoms with Crippen molar-refractivity contribution in [2.24, 2.45) is 5.89 Å². The van der Waals surface area contributed by atoms with E-state index in [1.807, 2.05) is 19.1 Å². The lowest BCUT2D eigenvalue weighted by Crippen LogP contribution is -2.30. The maximum absolute atomic E-state index is 8.69. The first-order chi connectivity index (χ1) is 7.14. The van der Waals surface area contributed by atoms with Crippen molar-refractivity contribution < 1.29 is 2.74 Å². The van der Waals surface area contributed by atoms with Gasteiger partial charge in [0.25, 0.3) is 0 Å². The molecule has 0 heteroatoms. The van der Waals surface area contributed by atoms with E-state index in [9.17, 15) is 0 Å². The van der Waals surface area contributed by atoms with E-state index in [1.54, 1.807) is 0 Å². The molecule has 1 aliphatic carbocycles. The van der Waals surface area contributed by atoms with Crippen LogP contribution in [0.2, 0.25) is 0 Å². The smallest absolute Gasteiger partial charge is 0.0620 e. The minimum atomic E-state index is -0.584. The maximum atomic E-state index is 8.69. The Balaban J connectivity index is 2.84. The summed E-state index contributed by atoms with van der Waals surface area (Å²) >= 11 is 0. The summed E-state index contributed by atoms with van der Waals surface area (Å²) in [5, 5.41) is 0. The molecule has 0 aromatic heterocycles. The minimum absolute atomic E-state index is 0.205. The van der Waals surface area contributed by atoms with Gasteiger partial charge in [0.1, 0.15) is 0 Å². The molecule has 0 radical (unpaired) electrons. The van der Waals surface area contributed by atoms with Crippen LogP contribution in [0.25, 0.3) is 0 Å². The highest BCUT2D eigenvalue weighted by molar-refractivity contribution is 5.45. The van der Waals surface area contributed by atoms with E-state index in [1.165, 1.54) is 5.56 Å². The Morgan fingerprint density at radius 3 is 2.29 bits per heavy atom. The van der Waals surface area contributed by atoms with Crippen LogP contribution in [0.1, 0.15) is 48.5 Å². The number of fused-ring (bicyclic) bond motifs is 1. The topological polar surface area (TPSA) is 0 Å². The molecule has 0 nitrogen and oxygen atoms in total. The van der Waals surface area contributed by atoms with Crippen molar-refractivity contribution in [1.29, 1.82) is 0 Å². The van der Waals surface area contributed by atoms with Gasteiger partial charge in [-0.05, 0) is 27.9 Å². The standard InChI is InChI=1S/C14H20/c1-10-13(2,3)11-8-6-7-9-12(11)14(10,4)5/h6-10H,1-5H3/i8D,10D. The second-order valence-electron chi connectivity index (χ2n) is 5.33. The lowest BCUT2D eigenvalue weighted by molar-refractivity contribution is 0.264. The predicted molar refractivity (Wildman–Crippen MR) is 61.7 cm³/mol. The SMILES string of the molecule is [2H]c1cccc2c1C(C)(C)C([2H])(C)C2(C)C. The van der Waals surface area contributed by atoms with Crippen LogP contribution in [-0.4, -0.2) is 0 Å². The largest absolute Gasteiger partial charge is 0.0626 e. The van der Waals surface area contributed by atoms with Gasteiger partial charge in [-0.2, -0.15) is 0 Å². The number of hydrogen-bond donors (Lipinski definition) is 0. The Labute approximate surface area is 90.2 Å². The summed E-state index contributed by atoms with van der Waals surface area (Å²) < 4.78 is 16.8. The van der Waals surface area contributed by atoms with Crippen LogP contribution in [0.3, 0.4) is 0 Å². The molecular formula is C14H20. The van der Waals surface area contributed by atoms with Gasteiger partial charge in [-0.15, -0.1) is 0 Å². The molecule has 0 bridgehead atoms. The van der Waals surface area contributed by atoms with Gasteiger partial charge in [-0.3, -0.25) is 0 Å². The molecule has 0 aliphatic heterocycles. The van der Waals surface area contributed by atoms with Crippen molar-refractivity contribution in [3.63, 3.8) is 0 Å². The van der Waals surface area contributed by atoms with E-state index >= 15 is 0 Å². The number of hydrogen-bond acceptors (Lipinski definition) is 0. The molecule has 2 rings (SSSR count). The lowest BCUT2D eigenvalue weighted by atomic mass is 9.71. The first-order valence-electron chi connectivity index (χ1n) is 6.24. The molecular weight excluding hydrogens is 168 g/mol. The lowest BCUT2D eigenvalue weighted by Gasteiger charge is -2.32. The first-order valence-corrected chi connectivity index (χ1v) is 5.24. The zero-order valence-electron chi connectivity index (χ0n) is 11.7. The predicted octanol–water partition coefficient (Wildman–Crippen LogP) is 3.89. The summed E-state index contributed by atoms with van der Waals surface area (Å²) in [6.07, 6.45) is 0. The van der Waals surface area contributed by atoms with Gasteiger partial charge in [0.05, 0.1) is 1.37 Å². The normalized spacial score (nSPS) is 34.6. The quantitative estimate of drug-likeness (QED) is 0.582.